The zero-order valence-corrected chi connectivity index (χ0v) is 15.3. The molecule has 0 heterocycles. The minimum absolute atomic E-state index is 1.12. The van der Waals surface area contributed by atoms with E-state index in [4.69, 9.17) is 0 Å². The van der Waals surface area contributed by atoms with Crippen molar-refractivity contribution in [3.8, 4) is 0 Å². The van der Waals surface area contributed by atoms with Gasteiger partial charge in [-0.15, -0.1) is 0 Å². The normalized spacial score (nSPS) is 10.6. The summed E-state index contributed by atoms with van der Waals surface area (Å²) in [6, 6.07) is 30.9. The zero-order chi connectivity index (χ0) is 15.4. The van der Waals surface area contributed by atoms with Crippen LogP contribution in [-0.4, -0.2) is 20.2 Å². The van der Waals surface area contributed by atoms with Gasteiger partial charge in [-0.05, 0) is 0 Å². The Morgan fingerprint density at radius 2 is 1.05 bits per heavy atom. The summed E-state index contributed by atoms with van der Waals surface area (Å²) in [7, 11) is 0. The summed E-state index contributed by atoms with van der Waals surface area (Å²) in [6.45, 7) is 6.09. The average Bonchev–Trinajstić information content (AvgIpc) is 2.57. The SMILES string of the molecule is C=C(C)c1cc[c]([Sb]([c]2ccccc2)[c]2ccccc2)cc1. The van der Waals surface area contributed by atoms with Crippen molar-refractivity contribution in [2.45, 2.75) is 6.92 Å². The molecule has 0 spiro atoms. The molecule has 0 nitrogen and oxygen atoms in total. The number of hydrogen-bond acceptors (Lipinski definition) is 0. The molecular weight excluding hydrogens is 374 g/mol. The standard InChI is InChI=1S/C9H9.2C6H5.Sb/c1-8(2)9-6-4-3-5-7-9;2*1-2-4-6-5-3-1;/h4-7H,1H2,2H3;2*1-5H;. The molecule has 3 aromatic rings. The molecule has 3 aromatic carbocycles. The maximum absolute atomic E-state index is 4.03. The number of allylic oxidation sites excluding steroid dienone is 1. The first-order valence-electron chi connectivity index (χ1n) is 7.42. The van der Waals surface area contributed by atoms with E-state index in [0.29, 0.717) is 0 Å². The van der Waals surface area contributed by atoms with E-state index < -0.39 is 20.2 Å². The summed E-state index contributed by atoms with van der Waals surface area (Å²) in [5.41, 5.74) is 2.35. The van der Waals surface area contributed by atoms with Crippen LogP contribution in [0.5, 0.6) is 0 Å². The first kappa shape index (κ1) is 15.1. The minimum atomic E-state index is -1.92. The predicted octanol–water partition coefficient (Wildman–Crippen LogP) is 3.24. The van der Waals surface area contributed by atoms with Crippen molar-refractivity contribution >= 4 is 36.3 Å². The quantitative estimate of drug-likeness (QED) is 0.598. The molecule has 0 saturated heterocycles. The van der Waals surface area contributed by atoms with Gasteiger partial charge in [0.1, 0.15) is 0 Å². The van der Waals surface area contributed by atoms with Crippen LogP contribution in [0.25, 0.3) is 5.57 Å². The van der Waals surface area contributed by atoms with Crippen LogP contribution in [0.15, 0.2) is 91.5 Å². The molecule has 108 valence electrons. The van der Waals surface area contributed by atoms with Gasteiger partial charge in [0.25, 0.3) is 0 Å². The zero-order valence-electron chi connectivity index (χ0n) is 12.7. The van der Waals surface area contributed by atoms with Crippen LogP contribution >= 0.6 is 0 Å². The van der Waals surface area contributed by atoms with Crippen molar-refractivity contribution < 1.29 is 0 Å². The van der Waals surface area contributed by atoms with Crippen molar-refractivity contribution in [1.29, 1.82) is 0 Å². The van der Waals surface area contributed by atoms with Crippen LogP contribution in [0.4, 0.5) is 0 Å². The summed E-state index contributed by atoms with van der Waals surface area (Å²) < 4.78 is 4.49. The fourth-order valence-corrected chi connectivity index (χ4v) is 9.01. The van der Waals surface area contributed by atoms with E-state index in [2.05, 4.69) is 98.4 Å². The Bertz CT molecular complexity index is 703. The van der Waals surface area contributed by atoms with E-state index in [1.54, 1.807) is 0 Å². The average molecular weight is 393 g/mol. The summed E-state index contributed by atoms with van der Waals surface area (Å²) in [5, 5.41) is 0. The molecule has 0 aromatic heterocycles. The summed E-state index contributed by atoms with van der Waals surface area (Å²) in [4.78, 5) is 0. The fraction of sp³-hybridized carbons (Fsp3) is 0.0476. The first-order valence-corrected chi connectivity index (χ1v) is 11.2. The summed E-state index contributed by atoms with van der Waals surface area (Å²) in [6.07, 6.45) is 0. The van der Waals surface area contributed by atoms with Gasteiger partial charge in [-0.3, -0.25) is 0 Å². The molecule has 0 saturated carbocycles. The van der Waals surface area contributed by atoms with Crippen molar-refractivity contribution in [2.24, 2.45) is 0 Å². The van der Waals surface area contributed by atoms with Crippen LogP contribution in [0.2, 0.25) is 0 Å². The van der Waals surface area contributed by atoms with Gasteiger partial charge in [-0.1, -0.05) is 0 Å². The van der Waals surface area contributed by atoms with E-state index in [9.17, 15) is 0 Å². The molecular formula is C21H19Sb. The Hall–Kier alpha value is -1.78. The van der Waals surface area contributed by atoms with E-state index >= 15 is 0 Å². The monoisotopic (exact) mass is 392 g/mol. The van der Waals surface area contributed by atoms with E-state index in [0.717, 1.165) is 5.57 Å². The van der Waals surface area contributed by atoms with Gasteiger partial charge in [0.05, 0.1) is 0 Å². The molecule has 0 aliphatic rings. The third-order valence-electron chi connectivity index (χ3n) is 3.65. The molecule has 1 heteroatoms. The molecule has 0 aliphatic carbocycles. The second kappa shape index (κ2) is 6.99. The van der Waals surface area contributed by atoms with Gasteiger partial charge < -0.3 is 0 Å². The van der Waals surface area contributed by atoms with Crippen LogP contribution in [0, 0.1) is 0 Å². The maximum atomic E-state index is 4.03. The van der Waals surface area contributed by atoms with Crippen LogP contribution in [0.3, 0.4) is 0 Å². The Kier molecular flexibility index (Phi) is 4.80. The molecule has 0 radical (unpaired) electrons. The van der Waals surface area contributed by atoms with Crippen molar-refractivity contribution in [3.05, 3.63) is 97.1 Å². The third-order valence-corrected chi connectivity index (χ3v) is 10.6. The molecule has 0 unspecified atom stereocenters. The topological polar surface area (TPSA) is 0 Å². The molecule has 0 amide bonds. The van der Waals surface area contributed by atoms with Gasteiger partial charge in [-0.2, -0.15) is 0 Å². The Morgan fingerprint density at radius 3 is 1.45 bits per heavy atom. The Balaban J connectivity index is 2.08. The Morgan fingerprint density at radius 1 is 0.636 bits per heavy atom. The van der Waals surface area contributed by atoms with E-state index in [1.165, 1.54) is 16.1 Å². The molecule has 0 atom stereocenters. The number of rotatable bonds is 4. The van der Waals surface area contributed by atoms with Crippen LogP contribution < -0.4 is 10.5 Å². The van der Waals surface area contributed by atoms with Crippen molar-refractivity contribution in [2.75, 3.05) is 0 Å². The summed E-state index contributed by atoms with van der Waals surface area (Å²) in [5.74, 6) is 0. The molecule has 0 aliphatic heterocycles. The third kappa shape index (κ3) is 3.34. The first-order chi connectivity index (χ1) is 10.8. The summed E-state index contributed by atoms with van der Waals surface area (Å²) >= 11 is -1.92. The molecule has 3 rings (SSSR count). The molecule has 0 bridgehead atoms. The van der Waals surface area contributed by atoms with Gasteiger partial charge in [0, 0.05) is 0 Å². The van der Waals surface area contributed by atoms with Gasteiger partial charge in [-0.25, -0.2) is 0 Å². The molecule has 0 fully saturated rings. The molecule has 0 N–H and O–H groups in total. The van der Waals surface area contributed by atoms with Gasteiger partial charge >= 0.3 is 140 Å². The number of benzene rings is 3. The fourth-order valence-electron chi connectivity index (χ4n) is 2.50. The van der Waals surface area contributed by atoms with Gasteiger partial charge in [0.15, 0.2) is 0 Å². The predicted molar refractivity (Wildman–Crippen MR) is 98.7 cm³/mol. The second-order valence-electron chi connectivity index (χ2n) is 5.33. The van der Waals surface area contributed by atoms with Crippen molar-refractivity contribution in [3.63, 3.8) is 0 Å². The van der Waals surface area contributed by atoms with Gasteiger partial charge in [0.2, 0.25) is 0 Å². The van der Waals surface area contributed by atoms with E-state index in [-0.39, 0.29) is 0 Å². The second-order valence-corrected chi connectivity index (χ2v) is 11.7. The Labute approximate surface area is 140 Å². The van der Waals surface area contributed by atoms with Crippen LogP contribution in [0.1, 0.15) is 12.5 Å². The van der Waals surface area contributed by atoms with Crippen LogP contribution in [-0.2, 0) is 0 Å². The molecule has 22 heavy (non-hydrogen) atoms. The van der Waals surface area contributed by atoms with E-state index in [1.807, 2.05) is 0 Å². The van der Waals surface area contributed by atoms with Crippen molar-refractivity contribution in [1.82, 2.24) is 0 Å². The number of hydrogen-bond donors (Lipinski definition) is 0.